The maximum Gasteiger partial charge on any atom is 0.263 e. The van der Waals surface area contributed by atoms with Crippen molar-refractivity contribution in [3.05, 3.63) is 57.0 Å². The van der Waals surface area contributed by atoms with Crippen LogP contribution in [-0.4, -0.2) is 15.5 Å². The summed E-state index contributed by atoms with van der Waals surface area (Å²) >= 11 is 1.64. The van der Waals surface area contributed by atoms with Crippen molar-refractivity contribution in [1.29, 1.82) is 0 Å². The Morgan fingerprint density at radius 2 is 1.97 bits per heavy atom. The van der Waals surface area contributed by atoms with Gasteiger partial charge in [0.05, 0.1) is 11.7 Å². The molecule has 158 valence electrons. The van der Waals surface area contributed by atoms with E-state index < -0.39 is 6.04 Å². The number of carbonyl (C=O) groups excluding carboxylic acids is 1. The molecular formula is C24H29N3O2S. The monoisotopic (exact) mass is 423 g/mol. The lowest BCUT2D eigenvalue weighted by atomic mass is 9.72. The number of amides is 1. The van der Waals surface area contributed by atoms with Gasteiger partial charge < -0.3 is 5.32 Å². The van der Waals surface area contributed by atoms with Crippen LogP contribution in [0.1, 0.15) is 56.2 Å². The van der Waals surface area contributed by atoms with E-state index in [0.717, 1.165) is 40.9 Å². The van der Waals surface area contributed by atoms with Gasteiger partial charge in [0.1, 0.15) is 10.9 Å². The Morgan fingerprint density at radius 3 is 2.63 bits per heavy atom. The lowest BCUT2D eigenvalue weighted by Gasteiger charge is -2.33. The first-order valence-electron chi connectivity index (χ1n) is 10.5. The van der Waals surface area contributed by atoms with Crippen LogP contribution in [-0.2, 0) is 17.6 Å². The average molecular weight is 424 g/mol. The number of aromatic nitrogens is 2. The van der Waals surface area contributed by atoms with Crippen LogP contribution in [0.2, 0.25) is 0 Å². The summed E-state index contributed by atoms with van der Waals surface area (Å²) in [6, 6.07) is 6.98. The normalized spacial score (nSPS) is 17.6. The van der Waals surface area contributed by atoms with Crippen molar-refractivity contribution in [2.45, 2.75) is 59.9 Å². The van der Waals surface area contributed by atoms with Crippen molar-refractivity contribution in [2.24, 2.45) is 11.3 Å². The Hall–Kier alpha value is -2.47. The molecule has 0 radical (unpaired) electrons. The fourth-order valence-corrected chi connectivity index (χ4v) is 5.46. The molecule has 1 N–H and O–H groups in total. The molecule has 2 heterocycles. The van der Waals surface area contributed by atoms with Crippen LogP contribution in [0, 0.1) is 18.3 Å². The van der Waals surface area contributed by atoms with Gasteiger partial charge in [-0.15, -0.1) is 11.3 Å². The number of hydrogen-bond donors (Lipinski definition) is 1. The number of nitrogens with one attached hydrogen (secondary N) is 1. The molecule has 0 aliphatic heterocycles. The largest absolute Gasteiger partial charge is 0.324 e. The van der Waals surface area contributed by atoms with Crippen molar-refractivity contribution in [3.63, 3.8) is 0 Å². The first-order valence-corrected chi connectivity index (χ1v) is 11.4. The Kier molecular flexibility index (Phi) is 5.30. The molecule has 1 aromatic carbocycles. The van der Waals surface area contributed by atoms with Gasteiger partial charge in [0.2, 0.25) is 5.91 Å². The first-order chi connectivity index (χ1) is 14.1. The third-order valence-corrected chi connectivity index (χ3v) is 7.50. The average Bonchev–Trinajstić information content (AvgIpc) is 3.07. The smallest absolute Gasteiger partial charge is 0.263 e. The molecule has 4 rings (SSSR count). The highest BCUT2D eigenvalue weighted by Gasteiger charge is 2.32. The predicted octanol–water partition coefficient (Wildman–Crippen LogP) is 5.12. The lowest BCUT2D eigenvalue weighted by Crippen LogP contribution is -2.32. The number of benzene rings is 1. The lowest BCUT2D eigenvalue weighted by molar-refractivity contribution is -0.118. The zero-order chi connectivity index (χ0) is 21.6. The van der Waals surface area contributed by atoms with Crippen LogP contribution in [0.5, 0.6) is 0 Å². The molecule has 0 bridgehead atoms. The number of fused-ring (bicyclic) bond motifs is 3. The van der Waals surface area contributed by atoms with Crippen molar-refractivity contribution < 1.29 is 4.79 Å². The van der Waals surface area contributed by atoms with Crippen LogP contribution >= 0.6 is 11.3 Å². The highest BCUT2D eigenvalue weighted by atomic mass is 32.1. The van der Waals surface area contributed by atoms with Crippen molar-refractivity contribution in [3.8, 4) is 0 Å². The van der Waals surface area contributed by atoms with Gasteiger partial charge in [0, 0.05) is 10.6 Å². The zero-order valence-electron chi connectivity index (χ0n) is 18.3. The molecule has 0 spiro atoms. The fraction of sp³-hybridized carbons (Fsp3) is 0.458. The summed E-state index contributed by atoms with van der Waals surface area (Å²) in [4.78, 5) is 32.7. The third kappa shape index (κ3) is 3.81. The molecule has 1 aliphatic carbocycles. The van der Waals surface area contributed by atoms with Gasteiger partial charge in [-0.25, -0.2) is 4.98 Å². The Bertz CT molecular complexity index is 1150. The Morgan fingerprint density at radius 1 is 1.27 bits per heavy atom. The number of thiophene rings is 1. The number of nitrogens with zero attached hydrogens (tertiary/aromatic N) is 2. The molecule has 2 unspecified atom stereocenters. The summed E-state index contributed by atoms with van der Waals surface area (Å²) in [7, 11) is 0. The van der Waals surface area contributed by atoms with Gasteiger partial charge in [-0.2, -0.15) is 0 Å². The van der Waals surface area contributed by atoms with E-state index in [0.29, 0.717) is 11.3 Å². The summed E-state index contributed by atoms with van der Waals surface area (Å²) in [6.07, 6.45) is 4.51. The molecule has 0 saturated heterocycles. The van der Waals surface area contributed by atoms with E-state index in [1.165, 1.54) is 15.8 Å². The summed E-state index contributed by atoms with van der Waals surface area (Å²) < 4.78 is 1.47. The number of aryl methyl sites for hydroxylation is 2. The molecule has 5 nitrogen and oxygen atoms in total. The number of hydrogen-bond acceptors (Lipinski definition) is 4. The van der Waals surface area contributed by atoms with E-state index in [1.807, 2.05) is 31.2 Å². The molecule has 2 atom stereocenters. The molecule has 1 amide bonds. The standard InChI is InChI=1S/C24H29N3O2S/c1-14-6-9-17(10-7-14)26-21(28)15(2)27-13-25-22-20(23(27)29)18-11-8-16(24(3,4)5)12-19(18)30-22/h6-7,9-10,13,15-16H,8,11-12H2,1-5H3,(H,26,28). The van der Waals surface area contributed by atoms with Crippen molar-refractivity contribution >= 4 is 33.1 Å². The van der Waals surface area contributed by atoms with Gasteiger partial charge >= 0.3 is 0 Å². The second-order valence-electron chi connectivity index (χ2n) is 9.48. The van der Waals surface area contributed by atoms with Crippen LogP contribution in [0.4, 0.5) is 5.69 Å². The fourth-order valence-electron chi connectivity index (χ4n) is 4.20. The van der Waals surface area contributed by atoms with Gasteiger partial charge in [0.15, 0.2) is 0 Å². The molecular weight excluding hydrogens is 394 g/mol. The summed E-state index contributed by atoms with van der Waals surface area (Å²) in [5.41, 5.74) is 3.14. The third-order valence-electron chi connectivity index (χ3n) is 6.34. The van der Waals surface area contributed by atoms with E-state index in [4.69, 9.17) is 0 Å². The molecule has 2 aromatic heterocycles. The number of carbonyl (C=O) groups is 1. The number of anilines is 1. The highest BCUT2D eigenvalue weighted by Crippen LogP contribution is 2.42. The summed E-state index contributed by atoms with van der Waals surface area (Å²) in [6.45, 7) is 10.6. The zero-order valence-corrected chi connectivity index (χ0v) is 19.1. The van der Waals surface area contributed by atoms with Gasteiger partial charge in [-0.3, -0.25) is 14.2 Å². The van der Waals surface area contributed by atoms with Crippen LogP contribution in [0.15, 0.2) is 35.4 Å². The van der Waals surface area contributed by atoms with E-state index in [9.17, 15) is 9.59 Å². The van der Waals surface area contributed by atoms with Gasteiger partial charge in [-0.05, 0) is 62.1 Å². The highest BCUT2D eigenvalue weighted by molar-refractivity contribution is 7.18. The first kappa shape index (κ1) is 20.8. The Balaban J connectivity index is 1.64. The molecule has 30 heavy (non-hydrogen) atoms. The molecule has 0 fully saturated rings. The maximum atomic E-state index is 13.3. The molecule has 1 aliphatic rings. The van der Waals surface area contributed by atoms with Crippen LogP contribution in [0.25, 0.3) is 10.2 Å². The minimum Gasteiger partial charge on any atom is -0.324 e. The van der Waals surface area contributed by atoms with Crippen LogP contribution < -0.4 is 10.9 Å². The Labute approximate surface area is 181 Å². The van der Waals surface area contributed by atoms with Gasteiger partial charge in [-0.1, -0.05) is 38.5 Å². The van der Waals surface area contributed by atoms with Gasteiger partial charge in [0.25, 0.3) is 5.56 Å². The van der Waals surface area contributed by atoms with E-state index in [1.54, 1.807) is 18.3 Å². The van der Waals surface area contributed by atoms with E-state index >= 15 is 0 Å². The maximum absolute atomic E-state index is 13.3. The molecule has 0 saturated carbocycles. The van der Waals surface area contributed by atoms with Crippen molar-refractivity contribution in [1.82, 2.24) is 9.55 Å². The minimum atomic E-state index is -0.642. The van der Waals surface area contributed by atoms with Crippen molar-refractivity contribution in [2.75, 3.05) is 5.32 Å². The molecule has 3 aromatic rings. The predicted molar refractivity (Wildman–Crippen MR) is 123 cm³/mol. The minimum absolute atomic E-state index is 0.113. The molecule has 6 heteroatoms. The SMILES string of the molecule is Cc1ccc(NC(=O)C(C)n2cnc3sc4c(c3c2=O)CCC(C(C)(C)C)C4)cc1. The quantitative estimate of drug-likeness (QED) is 0.636. The summed E-state index contributed by atoms with van der Waals surface area (Å²) in [5, 5.41) is 3.61. The van der Waals surface area contributed by atoms with E-state index in [2.05, 4.69) is 31.1 Å². The van der Waals surface area contributed by atoms with E-state index in [-0.39, 0.29) is 16.9 Å². The number of rotatable bonds is 3. The van der Waals surface area contributed by atoms with Crippen LogP contribution in [0.3, 0.4) is 0 Å². The second kappa shape index (κ2) is 7.65. The summed E-state index contributed by atoms with van der Waals surface area (Å²) in [5.74, 6) is 0.387. The topological polar surface area (TPSA) is 64.0 Å². The second-order valence-corrected chi connectivity index (χ2v) is 10.6.